The van der Waals surface area contributed by atoms with Gasteiger partial charge in [-0.05, 0) is 6.07 Å². The topological polar surface area (TPSA) is 65.2 Å². The molecule has 2 heterocycles. The molecular weight excluding hydrogens is 200 g/mol. The lowest BCUT2D eigenvalue weighted by Crippen LogP contribution is -2.01. The third-order valence-electron chi connectivity index (χ3n) is 1.92. The maximum absolute atomic E-state index is 11.3. The van der Waals surface area contributed by atoms with E-state index in [0.29, 0.717) is 16.8 Å². The van der Waals surface area contributed by atoms with Gasteiger partial charge < -0.3 is 10.5 Å². The molecule has 72 valence electrons. The number of anilines is 1. The molecule has 4 nitrogen and oxygen atoms in total. The minimum Gasteiger partial charge on any atom is -0.465 e. The van der Waals surface area contributed by atoms with Crippen molar-refractivity contribution in [1.29, 1.82) is 0 Å². The minimum atomic E-state index is -0.379. The van der Waals surface area contributed by atoms with Crippen LogP contribution in [0.3, 0.4) is 0 Å². The van der Waals surface area contributed by atoms with Crippen molar-refractivity contribution in [1.82, 2.24) is 4.98 Å². The smallest absolute Gasteiger partial charge is 0.339 e. The van der Waals surface area contributed by atoms with Crippen molar-refractivity contribution in [3.8, 4) is 0 Å². The molecule has 0 unspecified atom stereocenters. The molecule has 0 bridgehead atoms. The van der Waals surface area contributed by atoms with Crippen molar-refractivity contribution in [2.45, 2.75) is 0 Å². The summed E-state index contributed by atoms with van der Waals surface area (Å²) in [6, 6.07) is 1.82. The zero-order chi connectivity index (χ0) is 10.1. The standard InChI is InChI=1S/C9H8N2O2S/c1-13-9(12)5-4-14-6-2-3-11-8(10)7(5)6/h2-4H,1H3,(H2,10,11). The number of nitrogens with zero attached hydrogens (tertiary/aromatic N) is 1. The first-order chi connectivity index (χ1) is 6.74. The van der Waals surface area contributed by atoms with E-state index in [2.05, 4.69) is 9.72 Å². The summed E-state index contributed by atoms with van der Waals surface area (Å²) in [6.45, 7) is 0. The average molecular weight is 208 g/mol. The Bertz CT molecular complexity index is 493. The first-order valence-corrected chi connectivity index (χ1v) is 4.82. The maximum atomic E-state index is 11.3. The summed E-state index contributed by atoms with van der Waals surface area (Å²) < 4.78 is 5.58. The Labute approximate surface area is 84.3 Å². The Morgan fingerprint density at radius 2 is 2.43 bits per heavy atom. The summed E-state index contributed by atoms with van der Waals surface area (Å²) in [5.74, 6) is -0.0138. The van der Waals surface area contributed by atoms with E-state index in [9.17, 15) is 4.79 Å². The second-order valence-corrected chi connectivity index (χ2v) is 3.62. The number of aromatic nitrogens is 1. The largest absolute Gasteiger partial charge is 0.465 e. The van der Waals surface area contributed by atoms with Crippen LogP contribution in [0.15, 0.2) is 17.6 Å². The Kier molecular flexibility index (Phi) is 2.09. The molecule has 2 aromatic heterocycles. The van der Waals surface area contributed by atoms with Crippen LogP contribution in [0.1, 0.15) is 10.4 Å². The third-order valence-corrected chi connectivity index (χ3v) is 2.87. The summed E-state index contributed by atoms with van der Waals surface area (Å²) in [5, 5.41) is 2.42. The average Bonchev–Trinajstić information content (AvgIpc) is 2.62. The highest BCUT2D eigenvalue weighted by Gasteiger charge is 2.14. The monoisotopic (exact) mass is 208 g/mol. The number of carbonyl (C=O) groups is 1. The van der Waals surface area contributed by atoms with Crippen LogP contribution in [0.2, 0.25) is 0 Å². The zero-order valence-corrected chi connectivity index (χ0v) is 8.30. The van der Waals surface area contributed by atoms with E-state index in [4.69, 9.17) is 5.73 Å². The van der Waals surface area contributed by atoms with Crippen LogP contribution in [0.4, 0.5) is 5.82 Å². The predicted molar refractivity (Wildman–Crippen MR) is 55.4 cm³/mol. The van der Waals surface area contributed by atoms with Crippen molar-refractivity contribution in [3.05, 3.63) is 23.2 Å². The summed E-state index contributed by atoms with van der Waals surface area (Å²) in [6.07, 6.45) is 1.62. The number of hydrogen-bond donors (Lipinski definition) is 1. The molecule has 0 saturated carbocycles. The van der Waals surface area contributed by atoms with Gasteiger partial charge in [-0.2, -0.15) is 0 Å². The molecule has 2 aromatic rings. The van der Waals surface area contributed by atoms with E-state index in [1.54, 1.807) is 11.6 Å². The quantitative estimate of drug-likeness (QED) is 0.724. The van der Waals surface area contributed by atoms with Crippen LogP contribution in [0.5, 0.6) is 0 Å². The van der Waals surface area contributed by atoms with Gasteiger partial charge in [0, 0.05) is 21.7 Å². The summed E-state index contributed by atoms with van der Waals surface area (Å²) in [4.78, 5) is 15.3. The highest BCUT2D eigenvalue weighted by molar-refractivity contribution is 7.17. The van der Waals surface area contributed by atoms with E-state index in [1.165, 1.54) is 18.4 Å². The molecule has 2 rings (SSSR count). The summed E-state index contributed by atoms with van der Waals surface area (Å²) in [7, 11) is 1.35. The number of ether oxygens (including phenoxy) is 1. The fourth-order valence-corrected chi connectivity index (χ4v) is 2.20. The molecular formula is C9H8N2O2S. The van der Waals surface area contributed by atoms with Gasteiger partial charge in [-0.15, -0.1) is 11.3 Å². The molecule has 0 atom stereocenters. The normalized spacial score (nSPS) is 10.4. The number of methoxy groups -OCH3 is 1. The highest BCUT2D eigenvalue weighted by Crippen LogP contribution is 2.29. The SMILES string of the molecule is COC(=O)c1csc2ccnc(N)c12. The Balaban J connectivity index is 2.73. The number of thiophene rings is 1. The molecule has 0 saturated heterocycles. The molecule has 14 heavy (non-hydrogen) atoms. The first kappa shape index (κ1) is 8.96. The van der Waals surface area contributed by atoms with Crippen LogP contribution in [0, 0.1) is 0 Å². The summed E-state index contributed by atoms with van der Waals surface area (Å²) >= 11 is 1.45. The molecule has 0 aliphatic carbocycles. The van der Waals surface area contributed by atoms with E-state index in [-0.39, 0.29) is 5.97 Å². The number of esters is 1. The van der Waals surface area contributed by atoms with Crippen LogP contribution in [0.25, 0.3) is 10.1 Å². The van der Waals surface area contributed by atoms with Crippen molar-refractivity contribution < 1.29 is 9.53 Å². The number of nitrogen functional groups attached to an aromatic ring is 1. The predicted octanol–water partition coefficient (Wildman–Crippen LogP) is 1.67. The van der Waals surface area contributed by atoms with Crippen molar-refractivity contribution >= 4 is 33.2 Å². The second kappa shape index (κ2) is 3.26. The van der Waals surface area contributed by atoms with Crippen LogP contribution in [-0.2, 0) is 4.74 Å². The van der Waals surface area contributed by atoms with Gasteiger partial charge in [-0.25, -0.2) is 9.78 Å². The van der Waals surface area contributed by atoms with Crippen LogP contribution >= 0.6 is 11.3 Å². The van der Waals surface area contributed by atoms with Crippen molar-refractivity contribution in [2.24, 2.45) is 0 Å². The second-order valence-electron chi connectivity index (χ2n) is 2.71. The van der Waals surface area contributed by atoms with Gasteiger partial charge in [0.2, 0.25) is 0 Å². The fourth-order valence-electron chi connectivity index (χ4n) is 1.27. The number of fused-ring (bicyclic) bond motifs is 1. The number of nitrogens with two attached hydrogens (primary N) is 1. The third kappa shape index (κ3) is 1.22. The van der Waals surface area contributed by atoms with Gasteiger partial charge in [-0.1, -0.05) is 0 Å². The maximum Gasteiger partial charge on any atom is 0.339 e. The highest BCUT2D eigenvalue weighted by atomic mass is 32.1. The van der Waals surface area contributed by atoms with Crippen molar-refractivity contribution in [3.63, 3.8) is 0 Å². The molecule has 0 aliphatic rings. The van der Waals surface area contributed by atoms with Crippen LogP contribution < -0.4 is 5.73 Å². The lowest BCUT2D eigenvalue weighted by molar-refractivity contribution is 0.0603. The Hall–Kier alpha value is -1.62. The molecule has 0 radical (unpaired) electrons. The Morgan fingerprint density at radius 1 is 1.64 bits per heavy atom. The lowest BCUT2D eigenvalue weighted by Gasteiger charge is -1.98. The molecule has 0 amide bonds. The van der Waals surface area contributed by atoms with Gasteiger partial charge in [-0.3, -0.25) is 0 Å². The number of pyridine rings is 1. The molecule has 0 fully saturated rings. The zero-order valence-electron chi connectivity index (χ0n) is 7.48. The van der Waals surface area contributed by atoms with Gasteiger partial charge in [0.25, 0.3) is 0 Å². The minimum absolute atomic E-state index is 0.365. The van der Waals surface area contributed by atoms with Gasteiger partial charge in [0.15, 0.2) is 0 Å². The Morgan fingerprint density at radius 3 is 3.14 bits per heavy atom. The van der Waals surface area contributed by atoms with Crippen molar-refractivity contribution in [2.75, 3.05) is 12.8 Å². The van der Waals surface area contributed by atoms with Gasteiger partial charge >= 0.3 is 5.97 Å². The molecule has 0 spiro atoms. The lowest BCUT2D eigenvalue weighted by atomic mass is 10.2. The van der Waals surface area contributed by atoms with E-state index < -0.39 is 0 Å². The number of carbonyl (C=O) groups excluding carboxylic acids is 1. The van der Waals surface area contributed by atoms with Crippen LogP contribution in [-0.4, -0.2) is 18.1 Å². The van der Waals surface area contributed by atoms with E-state index in [0.717, 1.165) is 4.70 Å². The number of hydrogen-bond acceptors (Lipinski definition) is 5. The van der Waals surface area contributed by atoms with E-state index >= 15 is 0 Å². The van der Waals surface area contributed by atoms with E-state index in [1.807, 2.05) is 6.07 Å². The molecule has 2 N–H and O–H groups in total. The molecule has 5 heteroatoms. The van der Waals surface area contributed by atoms with Gasteiger partial charge in [0.05, 0.1) is 12.7 Å². The van der Waals surface area contributed by atoms with Gasteiger partial charge in [0.1, 0.15) is 5.82 Å². The molecule has 0 aliphatic heterocycles. The number of rotatable bonds is 1. The molecule has 0 aromatic carbocycles. The summed E-state index contributed by atoms with van der Waals surface area (Å²) in [5.41, 5.74) is 6.17. The fraction of sp³-hybridized carbons (Fsp3) is 0.111. The first-order valence-electron chi connectivity index (χ1n) is 3.94.